The first kappa shape index (κ1) is 19.9. The van der Waals surface area contributed by atoms with Gasteiger partial charge in [0.1, 0.15) is 11.5 Å². The van der Waals surface area contributed by atoms with Crippen molar-refractivity contribution in [3.63, 3.8) is 0 Å². The van der Waals surface area contributed by atoms with Crippen LogP contribution < -0.4 is 16.2 Å². The molecule has 0 saturated heterocycles. The van der Waals surface area contributed by atoms with Gasteiger partial charge in [-0.3, -0.25) is 20.2 Å². The normalized spacial score (nSPS) is 14.2. The molecule has 0 radical (unpaired) electrons. The highest BCUT2D eigenvalue weighted by molar-refractivity contribution is 5.92. The van der Waals surface area contributed by atoms with Gasteiger partial charge in [0.05, 0.1) is 5.69 Å². The van der Waals surface area contributed by atoms with E-state index in [2.05, 4.69) is 43.3 Å². The van der Waals surface area contributed by atoms with Crippen molar-refractivity contribution in [3.8, 4) is 11.1 Å². The van der Waals surface area contributed by atoms with Crippen molar-refractivity contribution in [1.29, 1.82) is 0 Å². The van der Waals surface area contributed by atoms with Crippen LogP contribution in [0.3, 0.4) is 0 Å². The van der Waals surface area contributed by atoms with Crippen molar-refractivity contribution in [1.82, 2.24) is 25.8 Å². The minimum absolute atomic E-state index is 0.285. The Morgan fingerprint density at radius 3 is 2.70 bits per heavy atom. The van der Waals surface area contributed by atoms with E-state index >= 15 is 0 Å². The highest BCUT2D eigenvalue weighted by Gasteiger charge is 2.24. The SMILES string of the molecule is CNNC(=O)c1cccc(NC(OC)c2cc(-c3ccc(C4CC4)nc3)ccn2)n1. The highest BCUT2D eigenvalue weighted by Crippen LogP contribution is 2.39. The van der Waals surface area contributed by atoms with Gasteiger partial charge < -0.3 is 10.1 Å². The summed E-state index contributed by atoms with van der Waals surface area (Å²) in [5.74, 6) is 0.818. The smallest absolute Gasteiger partial charge is 0.284 e. The molecule has 4 rings (SSSR count). The number of ether oxygens (including phenoxy) is 1. The summed E-state index contributed by atoms with van der Waals surface area (Å²) in [6, 6.07) is 13.3. The van der Waals surface area contributed by atoms with Gasteiger partial charge >= 0.3 is 0 Å². The van der Waals surface area contributed by atoms with E-state index in [1.807, 2.05) is 18.3 Å². The molecule has 1 amide bonds. The summed E-state index contributed by atoms with van der Waals surface area (Å²) >= 11 is 0. The summed E-state index contributed by atoms with van der Waals surface area (Å²) in [7, 11) is 3.21. The van der Waals surface area contributed by atoms with Crippen molar-refractivity contribution in [2.75, 3.05) is 19.5 Å². The Bertz CT molecular complexity index is 1020. The molecule has 1 aliphatic carbocycles. The predicted octanol–water partition coefficient (Wildman–Crippen LogP) is 3.04. The first-order valence-electron chi connectivity index (χ1n) is 9.83. The van der Waals surface area contributed by atoms with E-state index in [4.69, 9.17) is 4.74 Å². The molecule has 3 N–H and O–H groups in total. The molecule has 0 bridgehead atoms. The Hall–Kier alpha value is -3.36. The average molecular weight is 404 g/mol. The number of hydrogen-bond acceptors (Lipinski definition) is 7. The zero-order chi connectivity index (χ0) is 20.9. The molecule has 1 saturated carbocycles. The van der Waals surface area contributed by atoms with Crippen molar-refractivity contribution < 1.29 is 9.53 Å². The summed E-state index contributed by atoms with van der Waals surface area (Å²) in [5, 5.41) is 3.18. The van der Waals surface area contributed by atoms with Gasteiger partial charge in [-0.15, -0.1) is 0 Å². The molecule has 0 aliphatic heterocycles. The first-order chi connectivity index (χ1) is 14.7. The van der Waals surface area contributed by atoms with Crippen molar-refractivity contribution in [3.05, 3.63) is 71.9 Å². The van der Waals surface area contributed by atoms with Gasteiger partial charge in [-0.25, -0.2) is 10.4 Å². The Morgan fingerprint density at radius 2 is 2.00 bits per heavy atom. The van der Waals surface area contributed by atoms with Crippen LogP contribution in [-0.2, 0) is 4.74 Å². The number of nitrogens with one attached hydrogen (secondary N) is 3. The molecule has 8 nitrogen and oxygen atoms in total. The number of anilines is 1. The van der Waals surface area contributed by atoms with Gasteiger partial charge in [0.15, 0.2) is 6.23 Å². The van der Waals surface area contributed by atoms with Crippen molar-refractivity contribution in [2.24, 2.45) is 0 Å². The van der Waals surface area contributed by atoms with E-state index < -0.39 is 6.23 Å². The van der Waals surface area contributed by atoms with Crippen LogP contribution in [0.4, 0.5) is 5.82 Å². The van der Waals surface area contributed by atoms with E-state index in [9.17, 15) is 4.79 Å². The van der Waals surface area contributed by atoms with E-state index in [-0.39, 0.29) is 11.6 Å². The lowest BCUT2D eigenvalue weighted by molar-refractivity contribution is 0.0932. The number of methoxy groups -OCH3 is 1. The fraction of sp³-hybridized carbons (Fsp3) is 0.273. The molecule has 8 heteroatoms. The quantitative estimate of drug-likeness (QED) is 0.392. The van der Waals surface area contributed by atoms with E-state index in [0.29, 0.717) is 17.4 Å². The first-order valence-corrected chi connectivity index (χ1v) is 9.83. The van der Waals surface area contributed by atoms with E-state index in [1.165, 1.54) is 12.8 Å². The van der Waals surface area contributed by atoms with Crippen LogP contribution in [0.15, 0.2) is 54.9 Å². The van der Waals surface area contributed by atoms with Crippen LogP contribution in [0.2, 0.25) is 0 Å². The second-order valence-corrected chi connectivity index (χ2v) is 7.09. The number of pyridine rings is 3. The highest BCUT2D eigenvalue weighted by atomic mass is 16.5. The number of amides is 1. The fourth-order valence-electron chi connectivity index (χ4n) is 3.17. The summed E-state index contributed by atoms with van der Waals surface area (Å²) < 4.78 is 5.60. The van der Waals surface area contributed by atoms with Gasteiger partial charge in [0.25, 0.3) is 5.91 Å². The fourth-order valence-corrected chi connectivity index (χ4v) is 3.17. The third kappa shape index (κ3) is 4.61. The molecule has 0 spiro atoms. The molecule has 3 aromatic rings. The molecule has 1 unspecified atom stereocenters. The maximum absolute atomic E-state index is 12.0. The molecule has 30 heavy (non-hydrogen) atoms. The molecule has 154 valence electrons. The minimum Gasteiger partial charge on any atom is -0.356 e. The minimum atomic E-state index is -0.529. The number of rotatable bonds is 8. The molecule has 1 aliphatic rings. The number of carbonyl (C=O) groups is 1. The van der Waals surface area contributed by atoms with Crippen LogP contribution in [0, 0.1) is 0 Å². The van der Waals surface area contributed by atoms with E-state index in [1.54, 1.807) is 38.6 Å². The molecular weight excluding hydrogens is 380 g/mol. The number of aromatic nitrogens is 3. The Morgan fingerprint density at radius 1 is 1.13 bits per heavy atom. The van der Waals surface area contributed by atoms with Gasteiger partial charge in [0.2, 0.25) is 0 Å². The maximum atomic E-state index is 12.0. The van der Waals surface area contributed by atoms with Crippen LogP contribution >= 0.6 is 0 Å². The monoisotopic (exact) mass is 404 g/mol. The largest absolute Gasteiger partial charge is 0.356 e. The summed E-state index contributed by atoms with van der Waals surface area (Å²) in [6.07, 6.45) is 5.60. The van der Waals surface area contributed by atoms with Gasteiger partial charge in [-0.05, 0) is 48.7 Å². The average Bonchev–Trinajstić information content (AvgIpc) is 3.64. The molecule has 3 heterocycles. The number of hydrogen-bond donors (Lipinski definition) is 3. The van der Waals surface area contributed by atoms with Gasteiger partial charge in [-0.1, -0.05) is 12.1 Å². The predicted molar refractivity (Wildman–Crippen MR) is 114 cm³/mol. The number of hydrazine groups is 1. The number of nitrogens with zero attached hydrogens (tertiary/aromatic N) is 3. The van der Waals surface area contributed by atoms with Gasteiger partial charge in [0, 0.05) is 43.7 Å². The topological polar surface area (TPSA) is 101 Å². The molecular formula is C22H24N6O2. The molecule has 1 atom stereocenters. The lowest BCUT2D eigenvalue weighted by Crippen LogP contribution is -2.34. The summed E-state index contributed by atoms with van der Waals surface area (Å²) in [6.45, 7) is 0. The second-order valence-electron chi connectivity index (χ2n) is 7.09. The lowest BCUT2D eigenvalue weighted by Gasteiger charge is -2.18. The zero-order valence-electron chi connectivity index (χ0n) is 16.9. The molecule has 1 fully saturated rings. The van der Waals surface area contributed by atoms with Crippen molar-refractivity contribution in [2.45, 2.75) is 25.0 Å². The van der Waals surface area contributed by atoms with Crippen LogP contribution in [0.25, 0.3) is 11.1 Å². The maximum Gasteiger partial charge on any atom is 0.284 e. The van der Waals surface area contributed by atoms with Crippen LogP contribution in [-0.4, -0.2) is 35.0 Å². The van der Waals surface area contributed by atoms with Crippen LogP contribution in [0.5, 0.6) is 0 Å². The Balaban J connectivity index is 1.53. The Labute approximate surface area is 175 Å². The lowest BCUT2D eigenvalue weighted by atomic mass is 10.1. The Kier molecular flexibility index (Phi) is 5.97. The third-order valence-electron chi connectivity index (χ3n) is 4.90. The second kappa shape index (κ2) is 8.98. The van der Waals surface area contributed by atoms with Crippen molar-refractivity contribution >= 4 is 11.7 Å². The standard InChI is InChI=1S/C22H24N6O2/c1-23-28-21(29)18-4-3-5-20(26-18)27-22(30-2)19-12-15(10-11-24-19)16-8-9-17(25-13-16)14-6-7-14/h3-5,8-14,22-23H,6-7H2,1-2H3,(H,26,27)(H,28,29). The summed E-state index contributed by atoms with van der Waals surface area (Å²) in [5.41, 5.74) is 9.29. The van der Waals surface area contributed by atoms with Crippen LogP contribution in [0.1, 0.15) is 46.9 Å². The van der Waals surface area contributed by atoms with Gasteiger partial charge in [-0.2, -0.15) is 0 Å². The zero-order valence-corrected chi connectivity index (χ0v) is 16.9. The third-order valence-corrected chi connectivity index (χ3v) is 4.90. The molecule has 3 aromatic heterocycles. The number of carbonyl (C=O) groups excluding carboxylic acids is 1. The van der Waals surface area contributed by atoms with E-state index in [0.717, 1.165) is 16.8 Å². The molecule has 0 aromatic carbocycles. The summed E-state index contributed by atoms with van der Waals surface area (Å²) in [4.78, 5) is 25.4.